The second kappa shape index (κ2) is 9.68. The lowest BCUT2D eigenvalue weighted by atomic mass is 10.1. The monoisotopic (exact) mass is 423 g/mol. The summed E-state index contributed by atoms with van der Waals surface area (Å²) >= 11 is 5.78. The Labute approximate surface area is 169 Å². The van der Waals surface area contributed by atoms with Crippen LogP contribution >= 0.6 is 11.6 Å². The highest BCUT2D eigenvalue weighted by Gasteiger charge is 2.12. The molecule has 2 aromatic carbocycles. The average Bonchev–Trinajstić information content (AvgIpc) is 2.65. The fourth-order valence-electron chi connectivity index (χ4n) is 2.50. The summed E-state index contributed by atoms with van der Waals surface area (Å²) in [7, 11) is -3.74. The molecule has 28 heavy (non-hydrogen) atoms. The molecular weight excluding hydrogens is 402 g/mol. The van der Waals surface area contributed by atoms with E-state index in [4.69, 9.17) is 16.7 Å². The number of halogens is 1. The lowest BCUT2D eigenvalue weighted by Gasteiger charge is -2.15. The van der Waals surface area contributed by atoms with Crippen LogP contribution in [0.3, 0.4) is 0 Å². The lowest BCUT2D eigenvalue weighted by molar-refractivity contribution is -0.121. The topological polar surface area (TPSA) is 118 Å². The van der Waals surface area contributed by atoms with Gasteiger partial charge < -0.3 is 10.6 Å². The van der Waals surface area contributed by atoms with Gasteiger partial charge in [-0.1, -0.05) is 23.7 Å². The summed E-state index contributed by atoms with van der Waals surface area (Å²) in [5, 5.41) is 11.2. The van der Waals surface area contributed by atoms with Crippen LogP contribution < -0.4 is 15.8 Å². The highest BCUT2D eigenvalue weighted by Crippen LogP contribution is 2.15. The van der Waals surface area contributed by atoms with Crippen molar-refractivity contribution in [1.82, 2.24) is 10.6 Å². The maximum atomic E-state index is 12.1. The first-order valence-electron chi connectivity index (χ1n) is 8.62. The van der Waals surface area contributed by atoms with Crippen molar-refractivity contribution >= 4 is 33.4 Å². The molecule has 0 spiro atoms. The van der Waals surface area contributed by atoms with E-state index >= 15 is 0 Å². The van der Waals surface area contributed by atoms with Gasteiger partial charge in [0.05, 0.1) is 10.9 Å². The largest absolute Gasteiger partial charge is 0.352 e. The molecule has 0 radical (unpaired) electrons. The van der Waals surface area contributed by atoms with E-state index in [1.54, 1.807) is 43.3 Å². The van der Waals surface area contributed by atoms with Gasteiger partial charge >= 0.3 is 0 Å². The second-order valence-electron chi connectivity index (χ2n) is 6.27. The molecule has 0 saturated carbocycles. The van der Waals surface area contributed by atoms with Crippen LogP contribution in [0.4, 0.5) is 0 Å². The predicted molar refractivity (Wildman–Crippen MR) is 107 cm³/mol. The molecule has 0 saturated heterocycles. The minimum Gasteiger partial charge on any atom is -0.352 e. The van der Waals surface area contributed by atoms with Gasteiger partial charge in [-0.05, 0) is 55.3 Å². The number of carbonyl (C=O) groups is 2. The number of benzene rings is 2. The molecule has 0 aromatic heterocycles. The standard InChI is InChI=1S/C19H22ClN3O4S/c1-13(14-6-10-17(11-7-14)28(21,26)27)23-18(24)3-2-12-22-19(25)15-4-8-16(20)9-5-15/h4-11,13H,2-3,12H2,1H3,(H,22,25)(H,23,24)(H2,21,26,27)/t13-/m0/s1. The summed E-state index contributed by atoms with van der Waals surface area (Å²) in [4.78, 5) is 24.0. The Morgan fingerprint density at radius 2 is 1.68 bits per heavy atom. The molecule has 4 N–H and O–H groups in total. The van der Waals surface area contributed by atoms with E-state index < -0.39 is 10.0 Å². The van der Waals surface area contributed by atoms with Crippen LogP contribution in [0, 0.1) is 0 Å². The molecule has 7 nitrogen and oxygen atoms in total. The van der Waals surface area contributed by atoms with Gasteiger partial charge in [0.2, 0.25) is 15.9 Å². The molecule has 0 aliphatic rings. The fraction of sp³-hybridized carbons (Fsp3) is 0.263. The SMILES string of the molecule is C[C@H](NC(=O)CCCNC(=O)c1ccc(Cl)cc1)c1ccc(S(N)(=O)=O)cc1. The third-order valence-electron chi connectivity index (χ3n) is 4.06. The summed E-state index contributed by atoms with van der Waals surface area (Å²) in [5.74, 6) is -0.385. The first kappa shape index (κ1) is 21.9. The lowest BCUT2D eigenvalue weighted by Crippen LogP contribution is -2.29. The van der Waals surface area contributed by atoms with Crippen LogP contribution in [0.25, 0.3) is 0 Å². The van der Waals surface area contributed by atoms with Crippen molar-refractivity contribution in [2.24, 2.45) is 5.14 Å². The molecule has 0 fully saturated rings. The van der Waals surface area contributed by atoms with Crippen molar-refractivity contribution < 1.29 is 18.0 Å². The third kappa shape index (κ3) is 6.63. The summed E-state index contributed by atoms with van der Waals surface area (Å²) in [6, 6.07) is 12.3. The smallest absolute Gasteiger partial charge is 0.251 e. The van der Waals surface area contributed by atoms with E-state index in [9.17, 15) is 18.0 Å². The zero-order chi connectivity index (χ0) is 20.7. The highest BCUT2D eigenvalue weighted by molar-refractivity contribution is 7.89. The summed E-state index contributed by atoms with van der Waals surface area (Å²) in [6.07, 6.45) is 0.739. The van der Waals surface area contributed by atoms with Crippen molar-refractivity contribution in [2.75, 3.05) is 6.54 Å². The van der Waals surface area contributed by atoms with Gasteiger partial charge in [-0.3, -0.25) is 9.59 Å². The van der Waals surface area contributed by atoms with Crippen molar-refractivity contribution in [3.05, 3.63) is 64.7 Å². The summed E-state index contributed by atoms with van der Waals surface area (Å²) < 4.78 is 22.5. The van der Waals surface area contributed by atoms with Gasteiger partial charge in [0.1, 0.15) is 0 Å². The Bertz CT molecular complexity index is 929. The van der Waals surface area contributed by atoms with Gasteiger partial charge in [-0.15, -0.1) is 0 Å². The third-order valence-corrected chi connectivity index (χ3v) is 5.24. The maximum Gasteiger partial charge on any atom is 0.251 e. The molecule has 0 heterocycles. The van der Waals surface area contributed by atoms with Crippen molar-refractivity contribution in [3.8, 4) is 0 Å². The van der Waals surface area contributed by atoms with Crippen LogP contribution in [-0.2, 0) is 14.8 Å². The maximum absolute atomic E-state index is 12.1. The van der Waals surface area contributed by atoms with Crippen LogP contribution in [0.1, 0.15) is 41.7 Å². The van der Waals surface area contributed by atoms with Crippen LogP contribution in [-0.4, -0.2) is 26.8 Å². The van der Waals surface area contributed by atoms with Crippen LogP contribution in [0.5, 0.6) is 0 Å². The predicted octanol–water partition coefficient (Wildman–Crippen LogP) is 2.37. The molecule has 2 aromatic rings. The van der Waals surface area contributed by atoms with Crippen LogP contribution in [0.2, 0.25) is 5.02 Å². The number of nitrogens with two attached hydrogens (primary N) is 1. The Hall–Kier alpha value is -2.42. The molecular formula is C19H22ClN3O4S. The van der Waals surface area contributed by atoms with E-state index in [0.29, 0.717) is 23.6 Å². The number of rotatable bonds is 8. The molecule has 0 aliphatic heterocycles. The average molecular weight is 424 g/mol. The van der Waals surface area contributed by atoms with E-state index in [1.807, 2.05) is 0 Å². The van der Waals surface area contributed by atoms with Crippen molar-refractivity contribution in [3.63, 3.8) is 0 Å². The zero-order valence-corrected chi connectivity index (χ0v) is 16.9. The Kier molecular flexibility index (Phi) is 7.56. The zero-order valence-electron chi connectivity index (χ0n) is 15.3. The Morgan fingerprint density at radius 1 is 1.07 bits per heavy atom. The van der Waals surface area contributed by atoms with E-state index in [2.05, 4.69) is 10.6 Å². The van der Waals surface area contributed by atoms with E-state index in [0.717, 1.165) is 5.56 Å². The first-order valence-corrected chi connectivity index (χ1v) is 10.5. The molecule has 2 rings (SSSR count). The van der Waals surface area contributed by atoms with E-state index in [-0.39, 0.29) is 29.2 Å². The fourth-order valence-corrected chi connectivity index (χ4v) is 3.14. The molecule has 9 heteroatoms. The molecule has 0 aliphatic carbocycles. The molecule has 2 amide bonds. The summed E-state index contributed by atoms with van der Waals surface area (Å²) in [5.41, 5.74) is 1.27. The van der Waals surface area contributed by atoms with Gasteiger partial charge in [-0.25, -0.2) is 13.6 Å². The molecule has 150 valence electrons. The Balaban J connectivity index is 1.74. The molecule has 1 atom stereocenters. The minimum atomic E-state index is -3.74. The number of primary sulfonamides is 1. The molecule has 0 bridgehead atoms. The molecule has 0 unspecified atom stereocenters. The van der Waals surface area contributed by atoms with Gasteiger partial charge in [0.15, 0.2) is 0 Å². The summed E-state index contributed by atoms with van der Waals surface area (Å²) in [6.45, 7) is 2.17. The number of hydrogen-bond acceptors (Lipinski definition) is 4. The van der Waals surface area contributed by atoms with Crippen molar-refractivity contribution in [1.29, 1.82) is 0 Å². The number of amides is 2. The first-order chi connectivity index (χ1) is 13.2. The number of hydrogen-bond donors (Lipinski definition) is 3. The van der Waals surface area contributed by atoms with Gasteiger partial charge in [-0.2, -0.15) is 0 Å². The van der Waals surface area contributed by atoms with Gasteiger partial charge in [0, 0.05) is 23.6 Å². The van der Waals surface area contributed by atoms with E-state index in [1.165, 1.54) is 12.1 Å². The second-order valence-corrected chi connectivity index (χ2v) is 8.27. The number of sulfonamides is 1. The quantitative estimate of drug-likeness (QED) is 0.564. The van der Waals surface area contributed by atoms with Crippen LogP contribution in [0.15, 0.2) is 53.4 Å². The van der Waals surface area contributed by atoms with Gasteiger partial charge in [0.25, 0.3) is 5.91 Å². The highest BCUT2D eigenvalue weighted by atomic mass is 35.5. The normalized spacial score (nSPS) is 12.2. The Morgan fingerprint density at radius 3 is 2.25 bits per heavy atom. The number of nitrogens with one attached hydrogen (secondary N) is 2. The minimum absolute atomic E-state index is 0.0196. The van der Waals surface area contributed by atoms with Crippen molar-refractivity contribution in [2.45, 2.75) is 30.7 Å². The number of carbonyl (C=O) groups excluding carboxylic acids is 2.